The van der Waals surface area contributed by atoms with Gasteiger partial charge in [-0.15, -0.1) is 0 Å². The molecule has 0 aliphatic carbocycles. The standard InChI is InChI=1S/C21H27BrN4O4/c1-12(2)17(25-20(28)29)18(27)26-11-15(30-4)9-21(26,3)19-23-10-16(24-19)13-5-7-14(22)8-6-13/h5-8,10,12,15,17,25H,9,11H2,1-4H3,(H,23,24)(H,28,29)/t15-,17-,21-/m0/s1. The van der Waals surface area contributed by atoms with Gasteiger partial charge in [0.25, 0.3) is 0 Å². The molecule has 1 aromatic heterocycles. The number of aromatic amines is 1. The first-order valence-electron chi connectivity index (χ1n) is 9.81. The van der Waals surface area contributed by atoms with Gasteiger partial charge in [-0.1, -0.05) is 41.9 Å². The third-order valence-electron chi connectivity index (χ3n) is 5.66. The van der Waals surface area contributed by atoms with Gasteiger partial charge in [0, 0.05) is 24.5 Å². The highest BCUT2D eigenvalue weighted by Crippen LogP contribution is 2.39. The number of hydrogen-bond donors (Lipinski definition) is 3. The van der Waals surface area contributed by atoms with Crippen molar-refractivity contribution in [3.63, 3.8) is 0 Å². The number of amides is 2. The predicted octanol–water partition coefficient (Wildman–Crippen LogP) is 3.59. The molecule has 1 fully saturated rings. The van der Waals surface area contributed by atoms with E-state index in [1.807, 2.05) is 45.0 Å². The van der Waals surface area contributed by atoms with Crippen LogP contribution in [0.1, 0.15) is 33.0 Å². The number of carboxylic acid groups (broad SMARTS) is 1. The summed E-state index contributed by atoms with van der Waals surface area (Å²) in [5.41, 5.74) is 1.07. The van der Waals surface area contributed by atoms with Crippen LogP contribution >= 0.6 is 15.9 Å². The Morgan fingerprint density at radius 3 is 2.60 bits per heavy atom. The molecule has 3 N–H and O–H groups in total. The fourth-order valence-electron chi connectivity index (χ4n) is 3.92. The summed E-state index contributed by atoms with van der Waals surface area (Å²) in [6.45, 7) is 5.94. The minimum Gasteiger partial charge on any atom is -0.465 e. The maximum atomic E-state index is 13.4. The van der Waals surface area contributed by atoms with Crippen molar-refractivity contribution in [2.45, 2.75) is 44.9 Å². The zero-order valence-corrected chi connectivity index (χ0v) is 19.1. The van der Waals surface area contributed by atoms with Crippen molar-refractivity contribution >= 4 is 27.9 Å². The van der Waals surface area contributed by atoms with Crippen LogP contribution in [0.25, 0.3) is 11.3 Å². The second-order valence-electron chi connectivity index (χ2n) is 8.11. The molecule has 9 heteroatoms. The Hall–Kier alpha value is -2.39. The third-order valence-corrected chi connectivity index (χ3v) is 6.19. The average molecular weight is 479 g/mol. The lowest BCUT2D eigenvalue weighted by Gasteiger charge is -2.36. The molecule has 0 radical (unpaired) electrons. The van der Waals surface area contributed by atoms with Crippen LogP contribution in [-0.2, 0) is 15.1 Å². The number of H-pyrrole nitrogens is 1. The van der Waals surface area contributed by atoms with E-state index >= 15 is 0 Å². The molecule has 162 valence electrons. The van der Waals surface area contributed by atoms with E-state index < -0.39 is 17.7 Å². The number of rotatable bonds is 6. The summed E-state index contributed by atoms with van der Waals surface area (Å²) < 4.78 is 6.54. The van der Waals surface area contributed by atoms with Crippen molar-refractivity contribution in [3.05, 3.63) is 40.8 Å². The van der Waals surface area contributed by atoms with Crippen molar-refractivity contribution in [2.75, 3.05) is 13.7 Å². The zero-order chi connectivity index (χ0) is 22.1. The van der Waals surface area contributed by atoms with Crippen molar-refractivity contribution in [1.29, 1.82) is 0 Å². The monoisotopic (exact) mass is 478 g/mol. The van der Waals surface area contributed by atoms with E-state index in [1.165, 1.54) is 0 Å². The number of nitrogens with one attached hydrogen (secondary N) is 2. The van der Waals surface area contributed by atoms with Crippen LogP contribution in [0.2, 0.25) is 0 Å². The molecule has 0 unspecified atom stereocenters. The van der Waals surface area contributed by atoms with E-state index in [0.29, 0.717) is 18.8 Å². The van der Waals surface area contributed by atoms with Crippen LogP contribution in [0, 0.1) is 5.92 Å². The van der Waals surface area contributed by atoms with Gasteiger partial charge in [0.15, 0.2) is 0 Å². The molecule has 1 saturated heterocycles. The number of aromatic nitrogens is 2. The molecular formula is C21H27BrN4O4. The maximum absolute atomic E-state index is 13.4. The zero-order valence-electron chi connectivity index (χ0n) is 17.5. The van der Waals surface area contributed by atoms with Gasteiger partial charge in [-0.3, -0.25) is 4.79 Å². The van der Waals surface area contributed by atoms with Crippen LogP contribution < -0.4 is 5.32 Å². The molecule has 0 saturated carbocycles. The number of carbonyl (C=O) groups excluding carboxylic acids is 1. The number of benzene rings is 1. The number of hydrogen-bond acceptors (Lipinski definition) is 4. The number of likely N-dealkylation sites (tertiary alicyclic amines) is 1. The highest BCUT2D eigenvalue weighted by atomic mass is 79.9. The first-order valence-corrected chi connectivity index (χ1v) is 10.6. The third kappa shape index (κ3) is 4.37. The number of ether oxygens (including phenoxy) is 1. The number of methoxy groups -OCH3 is 1. The molecule has 3 atom stereocenters. The SMILES string of the molecule is CO[C@@H]1CN(C(=O)[C@@H](NC(=O)O)C(C)C)[C@](C)(c2ncc(-c3ccc(Br)cc3)[nH]2)C1. The molecule has 3 rings (SSSR count). The van der Waals surface area contributed by atoms with Gasteiger partial charge in [-0.25, -0.2) is 9.78 Å². The largest absolute Gasteiger partial charge is 0.465 e. The van der Waals surface area contributed by atoms with E-state index in [4.69, 9.17) is 4.74 Å². The van der Waals surface area contributed by atoms with E-state index in [1.54, 1.807) is 18.2 Å². The maximum Gasteiger partial charge on any atom is 0.405 e. The Morgan fingerprint density at radius 1 is 1.37 bits per heavy atom. The molecular weight excluding hydrogens is 452 g/mol. The molecule has 2 aromatic rings. The van der Waals surface area contributed by atoms with Crippen molar-refractivity contribution in [3.8, 4) is 11.3 Å². The summed E-state index contributed by atoms with van der Waals surface area (Å²) in [5, 5.41) is 11.6. The van der Waals surface area contributed by atoms with Gasteiger partial charge < -0.3 is 25.0 Å². The van der Waals surface area contributed by atoms with Crippen LogP contribution in [-0.4, -0.2) is 57.8 Å². The van der Waals surface area contributed by atoms with E-state index in [2.05, 4.69) is 31.2 Å². The molecule has 30 heavy (non-hydrogen) atoms. The predicted molar refractivity (Wildman–Crippen MR) is 116 cm³/mol. The normalized spacial score (nSPS) is 22.3. The number of halogens is 1. The Labute approximate surface area is 184 Å². The highest BCUT2D eigenvalue weighted by Gasteiger charge is 2.49. The summed E-state index contributed by atoms with van der Waals surface area (Å²) in [6, 6.07) is 7.01. The van der Waals surface area contributed by atoms with Gasteiger partial charge in [0.05, 0.1) is 18.0 Å². The summed E-state index contributed by atoms with van der Waals surface area (Å²) in [6.07, 6.45) is 0.919. The van der Waals surface area contributed by atoms with Crippen molar-refractivity contribution in [1.82, 2.24) is 20.2 Å². The van der Waals surface area contributed by atoms with Gasteiger partial charge in [-0.2, -0.15) is 0 Å². The molecule has 2 amide bonds. The Morgan fingerprint density at radius 2 is 2.03 bits per heavy atom. The van der Waals surface area contributed by atoms with Crippen LogP contribution in [0.15, 0.2) is 34.9 Å². The van der Waals surface area contributed by atoms with Crippen molar-refractivity contribution in [2.24, 2.45) is 5.92 Å². The number of carbonyl (C=O) groups is 2. The minimum absolute atomic E-state index is 0.169. The lowest BCUT2D eigenvalue weighted by molar-refractivity contribution is -0.139. The lowest BCUT2D eigenvalue weighted by atomic mass is 9.95. The van der Waals surface area contributed by atoms with Gasteiger partial charge in [0.2, 0.25) is 5.91 Å². The topological polar surface area (TPSA) is 108 Å². The van der Waals surface area contributed by atoms with E-state index in [9.17, 15) is 14.7 Å². The van der Waals surface area contributed by atoms with Gasteiger partial charge in [0.1, 0.15) is 17.4 Å². The average Bonchev–Trinajstić information content (AvgIpc) is 3.31. The lowest BCUT2D eigenvalue weighted by Crippen LogP contribution is -2.55. The summed E-state index contributed by atoms with van der Waals surface area (Å²) >= 11 is 3.43. The van der Waals surface area contributed by atoms with Gasteiger partial charge in [-0.05, 0) is 30.5 Å². The summed E-state index contributed by atoms with van der Waals surface area (Å²) in [4.78, 5) is 34.3. The Bertz CT molecular complexity index is 914. The first kappa shape index (κ1) is 22.3. The second kappa shape index (κ2) is 8.77. The van der Waals surface area contributed by atoms with Crippen LogP contribution in [0.4, 0.5) is 4.79 Å². The molecule has 1 aliphatic heterocycles. The smallest absolute Gasteiger partial charge is 0.405 e. The fraction of sp³-hybridized carbons (Fsp3) is 0.476. The summed E-state index contributed by atoms with van der Waals surface area (Å²) in [5.74, 6) is 0.163. The molecule has 0 spiro atoms. The number of imidazole rings is 1. The molecule has 8 nitrogen and oxygen atoms in total. The summed E-state index contributed by atoms with van der Waals surface area (Å²) in [7, 11) is 1.61. The quantitative estimate of drug-likeness (QED) is 0.587. The first-order chi connectivity index (χ1) is 14.2. The van der Waals surface area contributed by atoms with E-state index in [0.717, 1.165) is 15.7 Å². The van der Waals surface area contributed by atoms with Crippen LogP contribution in [0.5, 0.6) is 0 Å². The Balaban J connectivity index is 1.95. The fourth-order valence-corrected chi connectivity index (χ4v) is 4.19. The van der Waals surface area contributed by atoms with Gasteiger partial charge >= 0.3 is 6.09 Å². The van der Waals surface area contributed by atoms with Crippen molar-refractivity contribution < 1.29 is 19.4 Å². The molecule has 0 bridgehead atoms. The van der Waals surface area contributed by atoms with Crippen LogP contribution in [0.3, 0.4) is 0 Å². The van der Waals surface area contributed by atoms with E-state index in [-0.39, 0.29) is 17.9 Å². The second-order valence-corrected chi connectivity index (χ2v) is 9.02. The minimum atomic E-state index is -1.22. The highest BCUT2D eigenvalue weighted by molar-refractivity contribution is 9.10. The molecule has 2 heterocycles. The molecule has 1 aromatic carbocycles. The Kier molecular flexibility index (Phi) is 6.52. The number of nitrogens with zero attached hydrogens (tertiary/aromatic N) is 2. The molecule has 1 aliphatic rings.